The van der Waals surface area contributed by atoms with Crippen LogP contribution in [0, 0.1) is 12.7 Å². The highest BCUT2D eigenvalue weighted by Gasteiger charge is 2.41. The van der Waals surface area contributed by atoms with Gasteiger partial charge in [0.05, 0.1) is 11.4 Å². The number of aryl methyl sites for hydroxylation is 1. The summed E-state index contributed by atoms with van der Waals surface area (Å²) in [4.78, 5) is 11.3. The zero-order chi connectivity index (χ0) is 22.4. The molecular weight excluding hydrogens is 409 g/mol. The number of likely N-dealkylation sites (tertiary alicyclic amines) is 1. The Balaban J connectivity index is 1.41. The van der Waals surface area contributed by atoms with E-state index in [1.807, 2.05) is 25.1 Å². The molecule has 10 heteroatoms. The maximum Gasteiger partial charge on any atom is 0.229 e. The van der Waals surface area contributed by atoms with Crippen LogP contribution in [-0.2, 0) is 0 Å². The van der Waals surface area contributed by atoms with Gasteiger partial charge in [-0.25, -0.2) is 14.1 Å². The van der Waals surface area contributed by atoms with Gasteiger partial charge in [0, 0.05) is 29.7 Å². The Bertz CT molecular complexity index is 1100. The van der Waals surface area contributed by atoms with Crippen LogP contribution >= 0.6 is 0 Å². The lowest BCUT2D eigenvalue weighted by Gasteiger charge is -2.43. The van der Waals surface area contributed by atoms with Gasteiger partial charge in [0.15, 0.2) is 11.6 Å². The average molecular weight is 438 g/mol. The Morgan fingerprint density at radius 1 is 1.12 bits per heavy atom. The number of aromatic nitrogens is 6. The molecule has 0 spiro atoms. The SMILES string of the molecule is Cc1ccc(Nc2nc(N)c(F)c(C3CC(C)N(C4CC4)C(C)C3)n2)cc1-n1cnnn1. The molecule has 2 aliphatic rings. The van der Waals surface area contributed by atoms with Crippen LogP contribution in [0.5, 0.6) is 0 Å². The van der Waals surface area contributed by atoms with Crippen LogP contribution in [0.4, 0.5) is 21.8 Å². The zero-order valence-electron chi connectivity index (χ0n) is 18.5. The number of nitrogens with two attached hydrogens (primary N) is 1. The summed E-state index contributed by atoms with van der Waals surface area (Å²) in [6.45, 7) is 6.44. The molecule has 1 saturated carbocycles. The summed E-state index contributed by atoms with van der Waals surface area (Å²) in [5.41, 5.74) is 8.94. The Morgan fingerprint density at radius 2 is 1.88 bits per heavy atom. The van der Waals surface area contributed by atoms with Gasteiger partial charge in [-0.05, 0) is 74.6 Å². The molecule has 1 aliphatic carbocycles. The van der Waals surface area contributed by atoms with E-state index in [0.717, 1.165) is 29.8 Å². The highest BCUT2D eigenvalue weighted by Crippen LogP contribution is 2.41. The van der Waals surface area contributed by atoms with Crippen molar-refractivity contribution >= 4 is 17.5 Å². The van der Waals surface area contributed by atoms with Crippen molar-refractivity contribution in [2.75, 3.05) is 11.1 Å². The molecule has 3 aromatic rings. The molecule has 3 heterocycles. The molecule has 5 rings (SSSR count). The predicted octanol–water partition coefficient (Wildman–Crippen LogP) is 3.34. The van der Waals surface area contributed by atoms with Crippen molar-refractivity contribution in [3.63, 3.8) is 0 Å². The van der Waals surface area contributed by atoms with Gasteiger partial charge in [0.2, 0.25) is 5.95 Å². The van der Waals surface area contributed by atoms with Gasteiger partial charge in [-0.15, -0.1) is 5.10 Å². The molecule has 2 fully saturated rings. The second-order valence-electron chi connectivity index (χ2n) is 9.06. The van der Waals surface area contributed by atoms with Gasteiger partial charge in [-0.3, -0.25) is 4.90 Å². The zero-order valence-corrected chi connectivity index (χ0v) is 18.5. The highest BCUT2D eigenvalue weighted by molar-refractivity contribution is 5.60. The predicted molar refractivity (Wildman–Crippen MR) is 119 cm³/mol. The normalized spacial score (nSPS) is 23.9. The van der Waals surface area contributed by atoms with Gasteiger partial charge in [0.1, 0.15) is 6.33 Å². The van der Waals surface area contributed by atoms with Crippen molar-refractivity contribution in [3.8, 4) is 5.69 Å². The number of rotatable bonds is 5. The van der Waals surface area contributed by atoms with Crippen molar-refractivity contribution in [1.29, 1.82) is 0 Å². The standard InChI is InChI=1S/C22H28FN9/c1-12-4-5-16(10-18(12)31-11-25-29-30-31)26-22-27-20(19(23)21(24)28-22)15-8-13(2)32(14(3)9-15)17-6-7-17/h4-5,10-11,13-15,17H,6-9H2,1-3H3,(H3,24,26,27,28). The topological polar surface area (TPSA) is 111 Å². The van der Waals surface area contributed by atoms with E-state index < -0.39 is 5.82 Å². The highest BCUT2D eigenvalue weighted by atomic mass is 19.1. The number of benzene rings is 1. The summed E-state index contributed by atoms with van der Waals surface area (Å²) in [5, 5.41) is 14.5. The van der Waals surface area contributed by atoms with E-state index >= 15 is 4.39 Å². The van der Waals surface area contributed by atoms with Crippen molar-refractivity contribution < 1.29 is 4.39 Å². The first kappa shape index (κ1) is 20.7. The van der Waals surface area contributed by atoms with Gasteiger partial charge in [-0.1, -0.05) is 6.07 Å². The summed E-state index contributed by atoms with van der Waals surface area (Å²) >= 11 is 0. The molecule has 3 N–H and O–H groups in total. The molecule has 168 valence electrons. The van der Waals surface area contributed by atoms with Crippen molar-refractivity contribution in [2.45, 2.75) is 70.5 Å². The molecule has 2 unspecified atom stereocenters. The summed E-state index contributed by atoms with van der Waals surface area (Å²) in [5.74, 6) is -0.334. The van der Waals surface area contributed by atoms with Crippen LogP contribution in [-0.4, -0.2) is 53.2 Å². The third kappa shape index (κ3) is 3.90. The van der Waals surface area contributed by atoms with Gasteiger partial charge in [-0.2, -0.15) is 4.98 Å². The summed E-state index contributed by atoms with van der Waals surface area (Å²) in [7, 11) is 0. The van der Waals surface area contributed by atoms with E-state index in [4.69, 9.17) is 5.73 Å². The lowest BCUT2D eigenvalue weighted by Crippen LogP contribution is -2.47. The maximum atomic E-state index is 15.0. The molecule has 0 radical (unpaired) electrons. The number of piperidine rings is 1. The number of halogens is 1. The molecule has 9 nitrogen and oxygen atoms in total. The minimum atomic E-state index is -0.502. The Labute approximate surface area is 186 Å². The molecular formula is C22H28FN9. The average Bonchev–Trinajstić information content (AvgIpc) is 3.43. The number of hydrogen-bond acceptors (Lipinski definition) is 8. The second-order valence-corrected chi connectivity index (χ2v) is 9.06. The third-order valence-electron chi connectivity index (χ3n) is 6.59. The summed E-state index contributed by atoms with van der Waals surface area (Å²) in [6, 6.07) is 7.22. The smallest absolute Gasteiger partial charge is 0.229 e. The fourth-order valence-corrected chi connectivity index (χ4v) is 5.06. The van der Waals surface area contributed by atoms with Crippen LogP contribution < -0.4 is 11.1 Å². The fraction of sp³-hybridized carbons (Fsp3) is 0.500. The second kappa shape index (κ2) is 8.09. The summed E-state index contributed by atoms with van der Waals surface area (Å²) < 4.78 is 16.6. The van der Waals surface area contributed by atoms with Crippen molar-refractivity contribution in [2.24, 2.45) is 0 Å². The number of nitrogens with one attached hydrogen (secondary N) is 1. The van der Waals surface area contributed by atoms with Gasteiger partial charge in [0.25, 0.3) is 0 Å². The van der Waals surface area contributed by atoms with E-state index in [9.17, 15) is 0 Å². The van der Waals surface area contributed by atoms with E-state index in [0.29, 0.717) is 23.8 Å². The Morgan fingerprint density at radius 3 is 2.53 bits per heavy atom. The first-order chi connectivity index (χ1) is 15.4. The Kier molecular flexibility index (Phi) is 5.24. The van der Waals surface area contributed by atoms with Gasteiger partial charge < -0.3 is 11.1 Å². The first-order valence-electron chi connectivity index (χ1n) is 11.1. The number of nitrogens with zero attached hydrogens (tertiary/aromatic N) is 7. The van der Waals surface area contributed by atoms with Gasteiger partial charge >= 0.3 is 0 Å². The molecule has 1 aliphatic heterocycles. The number of nitrogen functional groups attached to an aromatic ring is 1. The molecule has 0 amide bonds. The molecule has 32 heavy (non-hydrogen) atoms. The Hall–Kier alpha value is -3.14. The minimum absolute atomic E-state index is 0.00986. The first-order valence-corrected chi connectivity index (χ1v) is 11.1. The minimum Gasteiger partial charge on any atom is -0.381 e. The number of hydrogen-bond donors (Lipinski definition) is 2. The quantitative estimate of drug-likeness (QED) is 0.625. The lowest BCUT2D eigenvalue weighted by atomic mass is 9.84. The molecule has 2 atom stereocenters. The maximum absolute atomic E-state index is 15.0. The lowest BCUT2D eigenvalue weighted by molar-refractivity contribution is 0.0807. The third-order valence-corrected chi connectivity index (χ3v) is 6.59. The van der Waals surface area contributed by atoms with E-state index in [1.54, 1.807) is 4.68 Å². The molecule has 1 aromatic carbocycles. The fourth-order valence-electron chi connectivity index (χ4n) is 5.06. The van der Waals surface area contributed by atoms with Crippen molar-refractivity contribution in [1.82, 2.24) is 35.1 Å². The van der Waals surface area contributed by atoms with Crippen LogP contribution in [0.1, 0.15) is 56.7 Å². The number of tetrazole rings is 1. The van der Waals surface area contributed by atoms with Crippen molar-refractivity contribution in [3.05, 3.63) is 41.6 Å². The monoisotopic (exact) mass is 437 g/mol. The van der Waals surface area contributed by atoms with E-state index in [1.165, 1.54) is 19.2 Å². The van der Waals surface area contributed by atoms with E-state index in [2.05, 4.69) is 49.6 Å². The summed E-state index contributed by atoms with van der Waals surface area (Å²) in [6.07, 6.45) is 5.80. The molecule has 0 bridgehead atoms. The van der Waals surface area contributed by atoms with E-state index in [-0.39, 0.29) is 17.7 Å². The molecule has 1 saturated heterocycles. The molecule has 2 aromatic heterocycles. The van der Waals surface area contributed by atoms with Crippen LogP contribution in [0.25, 0.3) is 5.69 Å². The number of anilines is 3. The van der Waals surface area contributed by atoms with Crippen LogP contribution in [0.3, 0.4) is 0 Å². The largest absolute Gasteiger partial charge is 0.381 e. The van der Waals surface area contributed by atoms with Crippen LogP contribution in [0.15, 0.2) is 24.5 Å². The van der Waals surface area contributed by atoms with Crippen LogP contribution in [0.2, 0.25) is 0 Å².